The highest BCUT2D eigenvalue weighted by Gasteiger charge is 2.14. The zero-order chi connectivity index (χ0) is 18.0. The summed E-state index contributed by atoms with van der Waals surface area (Å²) >= 11 is 3.73. The molecular formula is C17H18IN5OS. The van der Waals surface area contributed by atoms with Gasteiger partial charge in [-0.1, -0.05) is 11.8 Å². The van der Waals surface area contributed by atoms with Crippen LogP contribution in [0.15, 0.2) is 29.4 Å². The Morgan fingerprint density at radius 3 is 2.64 bits per heavy atom. The third kappa shape index (κ3) is 4.12. The monoisotopic (exact) mass is 467 g/mol. The maximum atomic E-state index is 12.2. The molecule has 130 valence electrons. The molecule has 3 aromatic rings. The standard InChI is InChI=1S/C17H18IN5OS/c1-10-14(11(2)23-16(19-10)21-17(22-23)25-3)8-9-15(24)20-13-6-4-12(18)5-7-13/h4-7H,8-9H2,1-3H3,(H,20,24). The van der Waals surface area contributed by atoms with Crippen molar-refractivity contribution in [1.82, 2.24) is 19.6 Å². The summed E-state index contributed by atoms with van der Waals surface area (Å²) in [5.41, 5.74) is 3.74. The second-order valence-electron chi connectivity index (χ2n) is 5.63. The Labute approximate surface area is 164 Å². The third-order valence-electron chi connectivity index (χ3n) is 3.94. The molecule has 0 aliphatic rings. The summed E-state index contributed by atoms with van der Waals surface area (Å²) in [7, 11) is 0. The van der Waals surface area contributed by atoms with Crippen LogP contribution in [-0.2, 0) is 11.2 Å². The number of carbonyl (C=O) groups is 1. The van der Waals surface area contributed by atoms with E-state index in [9.17, 15) is 4.79 Å². The van der Waals surface area contributed by atoms with Crippen LogP contribution >= 0.6 is 34.4 Å². The largest absolute Gasteiger partial charge is 0.326 e. The number of thioether (sulfide) groups is 1. The molecule has 1 N–H and O–H groups in total. The lowest BCUT2D eigenvalue weighted by atomic mass is 10.1. The van der Waals surface area contributed by atoms with Gasteiger partial charge < -0.3 is 5.32 Å². The van der Waals surface area contributed by atoms with E-state index in [0.717, 1.165) is 26.2 Å². The Kier molecular flexibility index (Phi) is 5.57. The van der Waals surface area contributed by atoms with Crippen molar-refractivity contribution in [3.8, 4) is 0 Å². The van der Waals surface area contributed by atoms with Crippen LogP contribution in [0.3, 0.4) is 0 Å². The van der Waals surface area contributed by atoms with Crippen molar-refractivity contribution in [3.05, 3.63) is 44.8 Å². The first-order chi connectivity index (χ1) is 12.0. The predicted octanol–water partition coefficient (Wildman–Crippen LogP) is 3.64. The molecule has 0 atom stereocenters. The zero-order valence-electron chi connectivity index (χ0n) is 14.2. The van der Waals surface area contributed by atoms with Gasteiger partial charge in [-0.15, -0.1) is 5.10 Å². The summed E-state index contributed by atoms with van der Waals surface area (Å²) in [6, 6.07) is 7.75. The first-order valence-corrected chi connectivity index (χ1v) is 10.1. The smallest absolute Gasteiger partial charge is 0.253 e. The molecule has 0 saturated heterocycles. The van der Waals surface area contributed by atoms with E-state index >= 15 is 0 Å². The zero-order valence-corrected chi connectivity index (χ0v) is 17.2. The number of fused-ring (bicyclic) bond motifs is 1. The van der Waals surface area contributed by atoms with Crippen LogP contribution in [0.2, 0.25) is 0 Å². The van der Waals surface area contributed by atoms with Gasteiger partial charge in [-0.2, -0.15) is 4.98 Å². The number of halogens is 1. The molecule has 0 radical (unpaired) electrons. The Bertz CT molecular complexity index is 923. The van der Waals surface area contributed by atoms with E-state index in [0.29, 0.717) is 23.8 Å². The number of aromatic nitrogens is 4. The molecule has 0 fully saturated rings. The molecule has 0 aliphatic carbocycles. The number of rotatable bonds is 5. The molecule has 25 heavy (non-hydrogen) atoms. The van der Waals surface area contributed by atoms with Crippen molar-refractivity contribution in [2.24, 2.45) is 0 Å². The van der Waals surface area contributed by atoms with Crippen LogP contribution < -0.4 is 5.32 Å². The first-order valence-electron chi connectivity index (χ1n) is 7.80. The number of aryl methyl sites for hydroxylation is 2. The fourth-order valence-corrected chi connectivity index (χ4v) is 3.33. The van der Waals surface area contributed by atoms with Gasteiger partial charge >= 0.3 is 0 Å². The average molecular weight is 467 g/mol. The van der Waals surface area contributed by atoms with E-state index in [1.165, 1.54) is 11.8 Å². The Balaban J connectivity index is 1.74. The minimum atomic E-state index is -0.0106. The number of nitrogens with zero attached hydrogens (tertiary/aromatic N) is 4. The van der Waals surface area contributed by atoms with Crippen molar-refractivity contribution >= 4 is 51.7 Å². The average Bonchev–Trinajstić information content (AvgIpc) is 3.00. The highest BCUT2D eigenvalue weighted by molar-refractivity contribution is 14.1. The number of carbonyl (C=O) groups excluding carboxylic acids is 1. The molecule has 1 amide bonds. The fraction of sp³-hybridized carbons (Fsp3) is 0.294. The number of hydrogen-bond acceptors (Lipinski definition) is 5. The summed E-state index contributed by atoms with van der Waals surface area (Å²) in [6.45, 7) is 3.94. The van der Waals surface area contributed by atoms with Crippen molar-refractivity contribution < 1.29 is 4.79 Å². The van der Waals surface area contributed by atoms with Crippen molar-refractivity contribution in [3.63, 3.8) is 0 Å². The molecule has 0 saturated carbocycles. The van der Waals surface area contributed by atoms with E-state index in [1.54, 1.807) is 4.52 Å². The van der Waals surface area contributed by atoms with Crippen LogP contribution in [0.25, 0.3) is 5.78 Å². The minimum absolute atomic E-state index is 0.0106. The van der Waals surface area contributed by atoms with Crippen LogP contribution in [0.1, 0.15) is 23.4 Å². The number of amides is 1. The number of nitrogens with one attached hydrogen (secondary N) is 1. The van der Waals surface area contributed by atoms with Crippen LogP contribution in [0.4, 0.5) is 5.69 Å². The molecular weight excluding hydrogens is 449 g/mol. The molecule has 8 heteroatoms. The molecule has 6 nitrogen and oxygen atoms in total. The topological polar surface area (TPSA) is 72.2 Å². The summed E-state index contributed by atoms with van der Waals surface area (Å²) in [6.07, 6.45) is 2.95. The molecule has 0 spiro atoms. The predicted molar refractivity (Wildman–Crippen MR) is 108 cm³/mol. The number of hydrogen-bond donors (Lipinski definition) is 1. The van der Waals surface area contributed by atoms with E-state index in [-0.39, 0.29) is 5.91 Å². The van der Waals surface area contributed by atoms with E-state index < -0.39 is 0 Å². The van der Waals surface area contributed by atoms with E-state index in [2.05, 4.69) is 43.0 Å². The lowest BCUT2D eigenvalue weighted by molar-refractivity contribution is -0.116. The maximum Gasteiger partial charge on any atom is 0.253 e. The maximum absolute atomic E-state index is 12.2. The minimum Gasteiger partial charge on any atom is -0.326 e. The summed E-state index contributed by atoms with van der Waals surface area (Å²) in [5.74, 6) is 0.593. The van der Waals surface area contributed by atoms with Crippen molar-refractivity contribution in [2.75, 3.05) is 11.6 Å². The first kappa shape index (κ1) is 18.1. The molecule has 2 heterocycles. The fourth-order valence-electron chi connectivity index (χ4n) is 2.63. The van der Waals surface area contributed by atoms with Gasteiger partial charge in [0.05, 0.1) is 0 Å². The Morgan fingerprint density at radius 1 is 1.24 bits per heavy atom. The van der Waals surface area contributed by atoms with Gasteiger partial charge in [0.2, 0.25) is 11.1 Å². The molecule has 0 bridgehead atoms. The van der Waals surface area contributed by atoms with E-state index in [1.807, 2.05) is 44.4 Å². The second kappa shape index (κ2) is 7.69. The van der Waals surface area contributed by atoms with Crippen LogP contribution in [0, 0.1) is 17.4 Å². The quantitative estimate of drug-likeness (QED) is 0.459. The molecule has 0 unspecified atom stereocenters. The van der Waals surface area contributed by atoms with Gasteiger partial charge in [0.1, 0.15) is 0 Å². The normalized spacial score (nSPS) is 11.0. The SMILES string of the molecule is CSc1nc2nc(C)c(CCC(=O)Nc3ccc(I)cc3)c(C)n2n1. The Hall–Kier alpha value is -1.68. The van der Waals surface area contributed by atoms with Gasteiger partial charge in [0, 0.05) is 27.1 Å². The van der Waals surface area contributed by atoms with Gasteiger partial charge in [-0.05, 0) is 78.9 Å². The van der Waals surface area contributed by atoms with Crippen molar-refractivity contribution in [1.29, 1.82) is 0 Å². The van der Waals surface area contributed by atoms with Crippen molar-refractivity contribution in [2.45, 2.75) is 31.8 Å². The van der Waals surface area contributed by atoms with Gasteiger partial charge in [0.25, 0.3) is 5.78 Å². The molecule has 1 aromatic carbocycles. The third-order valence-corrected chi connectivity index (χ3v) is 5.20. The summed E-state index contributed by atoms with van der Waals surface area (Å²) in [5, 5.41) is 8.07. The number of benzene rings is 1. The molecule has 0 aliphatic heterocycles. The highest BCUT2D eigenvalue weighted by atomic mass is 127. The summed E-state index contributed by atoms with van der Waals surface area (Å²) < 4.78 is 2.89. The second-order valence-corrected chi connectivity index (χ2v) is 7.65. The van der Waals surface area contributed by atoms with Crippen LogP contribution in [0.5, 0.6) is 0 Å². The lowest BCUT2D eigenvalue weighted by Crippen LogP contribution is -2.14. The van der Waals surface area contributed by atoms with E-state index in [4.69, 9.17) is 0 Å². The summed E-state index contributed by atoms with van der Waals surface area (Å²) in [4.78, 5) is 21.1. The highest BCUT2D eigenvalue weighted by Crippen LogP contribution is 2.18. The lowest BCUT2D eigenvalue weighted by Gasteiger charge is -2.10. The number of anilines is 1. The van der Waals surface area contributed by atoms with Crippen LogP contribution in [-0.4, -0.2) is 31.7 Å². The molecule has 2 aromatic heterocycles. The van der Waals surface area contributed by atoms with Gasteiger partial charge in [-0.25, -0.2) is 9.50 Å². The van der Waals surface area contributed by atoms with Gasteiger partial charge in [0.15, 0.2) is 0 Å². The Morgan fingerprint density at radius 2 is 1.96 bits per heavy atom. The molecule has 3 rings (SSSR count). The van der Waals surface area contributed by atoms with Gasteiger partial charge in [-0.3, -0.25) is 4.79 Å².